The lowest BCUT2D eigenvalue weighted by Gasteiger charge is -2.34. The fourth-order valence-electron chi connectivity index (χ4n) is 4.22. The lowest BCUT2D eigenvalue weighted by molar-refractivity contribution is 0.0908. The van der Waals surface area contributed by atoms with Crippen molar-refractivity contribution >= 4 is 40.1 Å². The maximum atomic E-state index is 12.9. The Bertz CT molecular complexity index is 1070. The van der Waals surface area contributed by atoms with Gasteiger partial charge >= 0.3 is 0 Å². The molecule has 158 valence electrons. The molecule has 1 amide bonds. The van der Waals surface area contributed by atoms with Crippen LogP contribution >= 0.6 is 23.2 Å². The molecule has 0 saturated heterocycles. The topological polar surface area (TPSA) is 57.8 Å². The molecule has 4 nitrogen and oxygen atoms in total. The molecule has 1 aromatic heterocycles. The number of aromatic nitrogens is 2. The SMILES string of the molecule is Cc1cc2[nH]c(Cc3c(Cl)cccc3Cl)nc2cc1C(=O)NC1CCC(C)(C)CC1. The van der Waals surface area contributed by atoms with Gasteiger partial charge in [0, 0.05) is 28.1 Å². The van der Waals surface area contributed by atoms with Gasteiger partial charge in [0.05, 0.1) is 11.0 Å². The van der Waals surface area contributed by atoms with Crippen molar-refractivity contribution in [3.05, 3.63) is 62.9 Å². The highest BCUT2D eigenvalue weighted by Crippen LogP contribution is 2.35. The van der Waals surface area contributed by atoms with Crippen molar-refractivity contribution < 1.29 is 4.79 Å². The summed E-state index contributed by atoms with van der Waals surface area (Å²) in [6.07, 6.45) is 4.86. The molecule has 1 fully saturated rings. The Morgan fingerprint density at radius 1 is 1.20 bits per heavy atom. The minimum Gasteiger partial charge on any atom is -0.349 e. The molecule has 1 aliphatic rings. The summed E-state index contributed by atoms with van der Waals surface area (Å²) in [5, 5.41) is 4.47. The fourth-order valence-corrected chi connectivity index (χ4v) is 4.75. The molecule has 0 unspecified atom stereocenters. The van der Waals surface area contributed by atoms with Crippen molar-refractivity contribution in [1.29, 1.82) is 0 Å². The molecule has 1 aliphatic carbocycles. The first-order valence-electron chi connectivity index (χ1n) is 10.4. The number of nitrogens with zero attached hydrogens (tertiary/aromatic N) is 1. The van der Waals surface area contributed by atoms with Crippen LogP contribution in [0.5, 0.6) is 0 Å². The highest BCUT2D eigenvalue weighted by molar-refractivity contribution is 6.36. The molecule has 0 aliphatic heterocycles. The van der Waals surface area contributed by atoms with E-state index in [0.29, 0.717) is 27.4 Å². The molecule has 0 atom stereocenters. The molecular weight excluding hydrogens is 417 g/mol. The van der Waals surface area contributed by atoms with Crippen LogP contribution in [0.3, 0.4) is 0 Å². The van der Waals surface area contributed by atoms with Gasteiger partial charge in [-0.15, -0.1) is 0 Å². The third kappa shape index (κ3) is 4.50. The number of hydrogen-bond donors (Lipinski definition) is 2. The highest BCUT2D eigenvalue weighted by atomic mass is 35.5. The molecule has 6 heteroatoms. The first-order valence-corrected chi connectivity index (χ1v) is 11.2. The Morgan fingerprint density at radius 2 is 1.87 bits per heavy atom. The van der Waals surface area contributed by atoms with Crippen LogP contribution in [0.4, 0.5) is 0 Å². The van der Waals surface area contributed by atoms with Crippen molar-refractivity contribution in [2.75, 3.05) is 0 Å². The largest absolute Gasteiger partial charge is 0.349 e. The normalized spacial score (nSPS) is 16.7. The van der Waals surface area contributed by atoms with Gasteiger partial charge in [-0.05, 0) is 73.4 Å². The van der Waals surface area contributed by atoms with E-state index in [-0.39, 0.29) is 11.9 Å². The van der Waals surface area contributed by atoms with Crippen LogP contribution in [0.2, 0.25) is 10.0 Å². The van der Waals surface area contributed by atoms with Crippen molar-refractivity contribution in [3.8, 4) is 0 Å². The molecule has 4 rings (SSSR count). The summed E-state index contributed by atoms with van der Waals surface area (Å²) in [5.74, 6) is 0.754. The predicted molar refractivity (Wildman–Crippen MR) is 124 cm³/mol. The van der Waals surface area contributed by atoms with E-state index in [4.69, 9.17) is 23.2 Å². The van der Waals surface area contributed by atoms with Crippen LogP contribution in [-0.4, -0.2) is 21.9 Å². The van der Waals surface area contributed by atoms with Gasteiger partial charge < -0.3 is 10.3 Å². The smallest absolute Gasteiger partial charge is 0.251 e. The number of nitrogens with one attached hydrogen (secondary N) is 2. The Kier molecular flexibility index (Phi) is 5.82. The molecule has 2 N–H and O–H groups in total. The summed E-state index contributed by atoms with van der Waals surface area (Å²) in [5.41, 5.74) is 4.51. The van der Waals surface area contributed by atoms with E-state index in [2.05, 4.69) is 29.1 Å². The Morgan fingerprint density at radius 3 is 2.53 bits per heavy atom. The monoisotopic (exact) mass is 443 g/mol. The second kappa shape index (κ2) is 8.24. The molecule has 30 heavy (non-hydrogen) atoms. The van der Waals surface area contributed by atoms with E-state index in [1.807, 2.05) is 37.3 Å². The van der Waals surface area contributed by atoms with Gasteiger partial charge in [-0.25, -0.2) is 4.98 Å². The van der Waals surface area contributed by atoms with Crippen LogP contribution in [0.1, 0.15) is 66.8 Å². The van der Waals surface area contributed by atoms with Gasteiger partial charge in [0.2, 0.25) is 0 Å². The third-order valence-corrected chi connectivity index (χ3v) is 6.91. The first kappa shape index (κ1) is 21.2. The fraction of sp³-hybridized carbons (Fsp3) is 0.417. The Balaban J connectivity index is 1.54. The second-order valence-corrected chi connectivity index (χ2v) is 9.97. The number of carbonyl (C=O) groups excluding carboxylic acids is 1. The number of imidazole rings is 1. The van der Waals surface area contributed by atoms with Crippen LogP contribution in [0.25, 0.3) is 11.0 Å². The van der Waals surface area contributed by atoms with Crippen molar-refractivity contribution in [2.45, 2.75) is 58.9 Å². The van der Waals surface area contributed by atoms with E-state index in [1.54, 1.807) is 0 Å². The van der Waals surface area contributed by atoms with E-state index >= 15 is 0 Å². The van der Waals surface area contributed by atoms with Crippen molar-refractivity contribution in [2.24, 2.45) is 5.41 Å². The van der Waals surface area contributed by atoms with Crippen molar-refractivity contribution in [3.63, 3.8) is 0 Å². The summed E-state index contributed by atoms with van der Waals surface area (Å²) in [6.45, 7) is 6.56. The number of carbonyl (C=O) groups is 1. The number of benzene rings is 2. The van der Waals surface area contributed by atoms with Crippen molar-refractivity contribution in [1.82, 2.24) is 15.3 Å². The van der Waals surface area contributed by atoms with Gasteiger partial charge in [0.15, 0.2) is 0 Å². The summed E-state index contributed by atoms with van der Waals surface area (Å²) in [4.78, 5) is 21.0. The van der Waals surface area contributed by atoms with Crippen LogP contribution in [0, 0.1) is 12.3 Å². The third-order valence-electron chi connectivity index (χ3n) is 6.20. The summed E-state index contributed by atoms with van der Waals surface area (Å²) in [7, 11) is 0. The zero-order chi connectivity index (χ0) is 21.5. The highest BCUT2D eigenvalue weighted by Gasteiger charge is 2.28. The number of amides is 1. The second-order valence-electron chi connectivity index (χ2n) is 9.16. The molecular formula is C24H27Cl2N3O. The predicted octanol–water partition coefficient (Wildman–Crippen LogP) is 6.47. The maximum Gasteiger partial charge on any atom is 0.251 e. The number of H-pyrrole nitrogens is 1. The van der Waals surface area contributed by atoms with Gasteiger partial charge in [0.25, 0.3) is 5.91 Å². The van der Waals surface area contributed by atoms with Gasteiger partial charge in [-0.2, -0.15) is 0 Å². The van der Waals surface area contributed by atoms with Crippen LogP contribution < -0.4 is 5.32 Å². The van der Waals surface area contributed by atoms with Crippen LogP contribution in [0.15, 0.2) is 30.3 Å². The minimum absolute atomic E-state index is 0.0159. The number of rotatable bonds is 4. The molecule has 2 aromatic carbocycles. The van der Waals surface area contributed by atoms with Gasteiger partial charge in [-0.3, -0.25) is 4.79 Å². The van der Waals surface area contributed by atoms with E-state index in [9.17, 15) is 4.79 Å². The quantitative estimate of drug-likeness (QED) is 0.485. The number of aromatic amines is 1. The standard InChI is InChI=1S/C24H27Cl2N3O/c1-14-11-20-21(29-22(28-20)13-17-18(25)5-4-6-19(17)26)12-16(14)23(30)27-15-7-9-24(2,3)10-8-15/h4-6,11-12,15H,7-10,13H2,1-3H3,(H,27,30)(H,28,29). The molecule has 1 heterocycles. The number of fused-ring (bicyclic) bond motifs is 1. The minimum atomic E-state index is -0.0159. The molecule has 0 radical (unpaired) electrons. The first-order chi connectivity index (χ1) is 14.2. The molecule has 0 spiro atoms. The van der Waals surface area contributed by atoms with E-state index < -0.39 is 0 Å². The summed E-state index contributed by atoms with van der Waals surface area (Å²) >= 11 is 12.6. The zero-order valence-corrected chi connectivity index (χ0v) is 19.1. The van der Waals surface area contributed by atoms with Crippen LogP contribution in [-0.2, 0) is 6.42 Å². The van der Waals surface area contributed by atoms with Gasteiger partial charge in [0.1, 0.15) is 5.82 Å². The Labute approximate surface area is 187 Å². The average molecular weight is 444 g/mol. The van der Waals surface area contributed by atoms with E-state index in [0.717, 1.165) is 53.7 Å². The zero-order valence-electron chi connectivity index (χ0n) is 17.6. The summed E-state index contributed by atoms with van der Waals surface area (Å²) < 4.78 is 0. The molecule has 0 bridgehead atoms. The Hall–Kier alpha value is -2.04. The number of hydrogen-bond acceptors (Lipinski definition) is 2. The molecule has 3 aromatic rings. The van der Waals surface area contributed by atoms with E-state index in [1.165, 1.54) is 0 Å². The lowest BCUT2D eigenvalue weighted by Crippen LogP contribution is -2.39. The van der Waals surface area contributed by atoms with Gasteiger partial charge in [-0.1, -0.05) is 43.1 Å². The summed E-state index contributed by atoms with van der Waals surface area (Å²) in [6, 6.07) is 9.58. The number of halogens is 2. The lowest BCUT2D eigenvalue weighted by atomic mass is 9.75. The maximum absolute atomic E-state index is 12.9. The molecule has 1 saturated carbocycles. The number of aryl methyl sites for hydroxylation is 1. The average Bonchev–Trinajstić information content (AvgIpc) is 3.07.